The molecule has 0 spiro atoms. The van der Waals surface area contributed by atoms with Crippen molar-refractivity contribution in [3.8, 4) is 0 Å². The number of hydrogen-bond donors (Lipinski definition) is 2. The molecule has 2 rings (SSSR count). The largest absolute Gasteiger partial charge is 0.397 e. The Bertz CT molecular complexity index is 782. The first kappa shape index (κ1) is 15.2. The molecular formula is C14H14F2N2O2S. The molecule has 112 valence electrons. The molecule has 0 fully saturated rings. The second-order valence-electron chi connectivity index (χ2n) is 4.71. The van der Waals surface area contributed by atoms with Gasteiger partial charge in [-0.25, -0.2) is 17.2 Å². The van der Waals surface area contributed by atoms with Gasteiger partial charge in [0, 0.05) is 6.07 Å². The van der Waals surface area contributed by atoms with Gasteiger partial charge in [0.1, 0.15) is 11.6 Å². The molecule has 0 heterocycles. The van der Waals surface area contributed by atoms with Gasteiger partial charge in [-0.1, -0.05) is 0 Å². The number of hydrogen-bond acceptors (Lipinski definition) is 3. The van der Waals surface area contributed by atoms with Crippen LogP contribution >= 0.6 is 0 Å². The van der Waals surface area contributed by atoms with Crippen LogP contribution in [0.5, 0.6) is 0 Å². The Labute approximate surface area is 121 Å². The summed E-state index contributed by atoms with van der Waals surface area (Å²) in [5, 5.41) is 0. The molecule has 0 radical (unpaired) electrons. The van der Waals surface area contributed by atoms with Gasteiger partial charge in [0.2, 0.25) is 0 Å². The number of nitrogen functional groups attached to an aromatic ring is 1. The molecule has 21 heavy (non-hydrogen) atoms. The van der Waals surface area contributed by atoms with Crippen LogP contribution < -0.4 is 10.5 Å². The minimum absolute atomic E-state index is 0.0486. The molecule has 0 saturated carbocycles. The number of rotatable bonds is 3. The molecule has 0 aliphatic rings. The zero-order valence-electron chi connectivity index (χ0n) is 11.4. The van der Waals surface area contributed by atoms with Crippen molar-refractivity contribution in [2.75, 3.05) is 10.5 Å². The first-order valence-electron chi connectivity index (χ1n) is 6.05. The lowest BCUT2D eigenvalue weighted by Crippen LogP contribution is -2.17. The van der Waals surface area contributed by atoms with E-state index in [0.29, 0.717) is 0 Å². The van der Waals surface area contributed by atoms with Crippen LogP contribution in [0, 0.1) is 25.5 Å². The highest BCUT2D eigenvalue weighted by atomic mass is 32.2. The number of sulfonamides is 1. The van der Waals surface area contributed by atoms with Gasteiger partial charge in [0.15, 0.2) is 0 Å². The fourth-order valence-corrected chi connectivity index (χ4v) is 3.67. The maximum atomic E-state index is 13.3. The van der Waals surface area contributed by atoms with Crippen LogP contribution in [-0.2, 0) is 10.0 Å². The Kier molecular flexibility index (Phi) is 3.87. The zero-order valence-corrected chi connectivity index (χ0v) is 12.3. The third-order valence-electron chi connectivity index (χ3n) is 2.95. The van der Waals surface area contributed by atoms with Crippen molar-refractivity contribution in [2.45, 2.75) is 18.7 Å². The van der Waals surface area contributed by atoms with Gasteiger partial charge in [-0.3, -0.25) is 4.72 Å². The van der Waals surface area contributed by atoms with Crippen molar-refractivity contribution in [1.82, 2.24) is 0 Å². The number of aryl methyl sites for hydroxylation is 2. The van der Waals surface area contributed by atoms with Crippen LogP contribution in [0.1, 0.15) is 11.1 Å². The van der Waals surface area contributed by atoms with E-state index >= 15 is 0 Å². The van der Waals surface area contributed by atoms with Crippen molar-refractivity contribution in [2.24, 2.45) is 0 Å². The summed E-state index contributed by atoms with van der Waals surface area (Å²) in [6.45, 7) is 2.97. The molecule has 0 amide bonds. The Balaban J connectivity index is 2.51. The van der Waals surface area contributed by atoms with Crippen LogP contribution in [-0.4, -0.2) is 8.42 Å². The maximum Gasteiger partial charge on any atom is 0.262 e. The van der Waals surface area contributed by atoms with E-state index in [1.54, 1.807) is 0 Å². The van der Waals surface area contributed by atoms with Crippen molar-refractivity contribution >= 4 is 21.4 Å². The molecule has 0 atom stereocenters. The monoisotopic (exact) mass is 312 g/mol. The summed E-state index contributed by atoms with van der Waals surface area (Å²) in [4.78, 5) is -0.0486. The van der Waals surface area contributed by atoms with Crippen molar-refractivity contribution in [3.05, 3.63) is 53.1 Å². The lowest BCUT2D eigenvalue weighted by molar-refractivity contribution is 0.597. The van der Waals surface area contributed by atoms with Gasteiger partial charge in [0.25, 0.3) is 10.0 Å². The van der Waals surface area contributed by atoms with Gasteiger partial charge >= 0.3 is 0 Å². The Morgan fingerprint density at radius 2 is 1.57 bits per heavy atom. The highest BCUT2D eigenvalue weighted by molar-refractivity contribution is 7.92. The Hall–Kier alpha value is -2.15. The van der Waals surface area contributed by atoms with Crippen LogP contribution in [0.25, 0.3) is 0 Å². The predicted molar refractivity (Wildman–Crippen MR) is 77.5 cm³/mol. The number of benzene rings is 2. The molecule has 0 aliphatic heterocycles. The lowest BCUT2D eigenvalue weighted by Gasteiger charge is -2.14. The van der Waals surface area contributed by atoms with Crippen LogP contribution in [0.15, 0.2) is 35.2 Å². The highest BCUT2D eigenvalue weighted by Gasteiger charge is 2.21. The average Bonchev–Trinajstić information content (AvgIpc) is 2.31. The smallest absolute Gasteiger partial charge is 0.262 e. The quantitative estimate of drug-likeness (QED) is 0.856. The molecule has 0 aromatic heterocycles. The van der Waals surface area contributed by atoms with Crippen LogP contribution in [0.3, 0.4) is 0 Å². The zero-order chi connectivity index (χ0) is 15.8. The predicted octanol–water partition coefficient (Wildman–Crippen LogP) is 2.96. The molecule has 7 heteroatoms. The SMILES string of the molecule is Cc1cc(F)cc(C)c1S(=O)(=O)Nc1cc(F)ccc1N. The summed E-state index contributed by atoms with van der Waals surface area (Å²) < 4.78 is 53.5. The first-order chi connectivity index (χ1) is 9.70. The Morgan fingerprint density at radius 3 is 2.14 bits per heavy atom. The minimum Gasteiger partial charge on any atom is -0.397 e. The fourth-order valence-electron chi connectivity index (χ4n) is 2.13. The highest BCUT2D eigenvalue weighted by Crippen LogP contribution is 2.27. The standard InChI is InChI=1S/C14H14F2N2O2S/c1-8-5-11(16)6-9(2)14(8)21(19,20)18-13-7-10(15)3-4-12(13)17/h3-7,18H,17H2,1-2H3. The Morgan fingerprint density at radius 1 is 1.00 bits per heavy atom. The molecule has 0 saturated heterocycles. The molecule has 0 unspecified atom stereocenters. The van der Waals surface area contributed by atoms with Gasteiger partial charge in [-0.05, 0) is 49.2 Å². The van der Waals surface area contributed by atoms with Crippen molar-refractivity contribution < 1.29 is 17.2 Å². The summed E-state index contributed by atoms with van der Waals surface area (Å²) in [5.74, 6) is -1.14. The van der Waals surface area contributed by atoms with Crippen LogP contribution in [0.4, 0.5) is 20.2 Å². The number of halogens is 2. The van der Waals surface area contributed by atoms with Crippen molar-refractivity contribution in [1.29, 1.82) is 0 Å². The average molecular weight is 312 g/mol. The second kappa shape index (κ2) is 5.33. The lowest BCUT2D eigenvalue weighted by atomic mass is 10.1. The molecule has 2 aromatic rings. The van der Waals surface area contributed by atoms with E-state index in [1.165, 1.54) is 19.9 Å². The van der Waals surface area contributed by atoms with E-state index in [2.05, 4.69) is 4.72 Å². The maximum absolute atomic E-state index is 13.3. The number of nitrogens with one attached hydrogen (secondary N) is 1. The van der Waals surface area contributed by atoms with E-state index in [9.17, 15) is 17.2 Å². The number of anilines is 2. The molecule has 3 N–H and O–H groups in total. The number of nitrogens with two attached hydrogens (primary N) is 1. The van der Waals surface area contributed by atoms with Gasteiger partial charge in [-0.15, -0.1) is 0 Å². The van der Waals surface area contributed by atoms with Crippen molar-refractivity contribution in [3.63, 3.8) is 0 Å². The van der Waals surface area contributed by atoms with Gasteiger partial charge < -0.3 is 5.73 Å². The normalized spacial score (nSPS) is 11.4. The van der Waals surface area contributed by atoms with E-state index in [0.717, 1.165) is 24.3 Å². The summed E-state index contributed by atoms with van der Waals surface area (Å²) in [7, 11) is -3.99. The third-order valence-corrected chi connectivity index (χ3v) is 4.62. The summed E-state index contributed by atoms with van der Waals surface area (Å²) in [5.41, 5.74) is 6.18. The molecule has 2 aromatic carbocycles. The third kappa shape index (κ3) is 3.13. The van der Waals surface area contributed by atoms with E-state index in [-0.39, 0.29) is 27.4 Å². The summed E-state index contributed by atoms with van der Waals surface area (Å²) in [6, 6.07) is 5.62. The fraction of sp³-hybridized carbons (Fsp3) is 0.143. The summed E-state index contributed by atoms with van der Waals surface area (Å²) >= 11 is 0. The van der Waals surface area contributed by atoms with E-state index < -0.39 is 21.7 Å². The molecule has 4 nitrogen and oxygen atoms in total. The van der Waals surface area contributed by atoms with E-state index in [4.69, 9.17) is 5.73 Å². The molecule has 0 bridgehead atoms. The molecule has 0 aliphatic carbocycles. The summed E-state index contributed by atoms with van der Waals surface area (Å²) in [6.07, 6.45) is 0. The van der Waals surface area contributed by atoms with Gasteiger partial charge in [0.05, 0.1) is 16.3 Å². The van der Waals surface area contributed by atoms with E-state index in [1.807, 2.05) is 0 Å². The molecular weight excluding hydrogens is 298 g/mol. The minimum atomic E-state index is -3.99. The first-order valence-corrected chi connectivity index (χ1v) is 7.53. The second-order valence-corrected chi connectivity index (χ2v) is 6.33. The topological polar surface area (TPSA) is 72.2 Å². The van der Waals surface area contributed by atoms with Gasteiger partial charge in [-0.2, -0.15) is 0 Å². The van der Waals surface area contributed by atoms with Crippen LogP contribution in [0.2, 0.25) is 0 Å².